The van der Waals surface area contributed by atoms with Gasteiger partial charge in [-0.3, -0.25) is 9.88 Å². The first-order chi connectivity index (χ1) is 16.2. The molecule has 0 spiro atoms. The molecule has 0 radical (unpaired) electrons. The quantitative estimate of drug-likeness (QED) is 0.513. The number of rotatable bonds is 8. The molecular formula is C25H30FN5O2. The molecule has 5 heterocycles. The third-order valence-corrected chi connectivity index (χ3v) is 6.79. The van der Waals surface area contributed by atoms with E-state index in [0.29, 0.717) is 23.5 Å². The molecule has 33 heavy (non-hydrogen) atoms. The van der Waals surface area contributed by atoms with E-state index < -0.39 is 0 Å². The van der Waals surface area contributed by atoms with Crippen LogP contribution in [0.1, 0.15) is 55.2 Å². The minimum absolute atomic E-state index is 0.138. The van der Waals surface area contributed by atoms with Crippen LogP contribution in [-0.2, 0) is 17.9 Å². The highest BCUT2D eigenvalue weighted by Gasteiger charge is 2.28. The van der Waals surface area contributed by atoms with Crippen molar-refractivity contribution in [2.24, 2.45) is 0 Å². The Morgan fingerprint density at radius 2 is 2.03 bits per heavy atom. The van der Waals surface area contributed by atoms with E-state index in [9.17, 15) is 4.39 Å². The summed E-state index contributed by atoms with van der Waals surface area (Å²) in [4.78, 5) is 15.6. The number of nitrogens with zero attached hydrogens (tertiary/aromatic N) is 5. The van der Waals surface area contributed by atoms with Gasteiger partial charge >= 0.3 is 0 Å². The third-order valence-electron chi connectivity index (χ3n) is 6.79. The zero-order valence-electron chi connectivity index (χ0n) is 18.9. The lowest BCUT2D eigenvalue weighted by molar-refractivity contribution is -0.0600. The summed E-state index contributed by atoms with van der Waals surface area (Å²) in [5.74, 6) is 1.66. The largest absolute Gasteiger partial charge is 0.473 e. The van der Waals surface area contributed by atoms with E-state index in [0.717, 1.165) is 57.0 Å². The molecule has 2 fully saturated rings. The van der Waals surface area contributed by atoms with E-state index in [1.807, 2.05) is 18.3 Å². The molecule has 0 aliphatic carbocycles. The number of aromatic nitrogens is 4. The normalized spacial score (nSPS) is 20.4. The van der Waals surface area contributed by atoms with E-state index >= 15 is 0 Å². The number of imidazole rings is 1. The van der Waals surface area contributed by atoms with E-state index in [2.05, 4.69) is 38.6 Å². The van der Waals surface area contributed by atoms with Crippen molar-refractivity contribution in [3.63, 3.8) is 0 Å². The highest BCUT2D eigenvalue weighted by molar-refractivity contribution is 5.20. The molecule has 2 atom stereocenters. The van der Waals surface area contributed by atoms with Crippen LogP contribution in [-0.4, -0.2) is 50.2 Å². The van der Waals surface area contributed by atoms with Crippen molar-refractivity contribution in [2.45, 2.75) is 57.4 Å². The van der Waals surface area contributed by atoms with Gasteiger partial charge in [0.05, 0.1) is 24.9 Å². The molecule has 0 bridgehead atoms. The molecular weight excluding hydrogens is 421 g/mol. The van der Waals surface area contributed by atoms with Crippen LogP contribution in [0.4, 0.5) is 4.39 Å². The maximum Gasteiger partial charge on any atom is 0.213 e. The van der Waals surface area contributed by atoms with Crippen molar-refractivity contribution in [3.8, 4) is 5.88 Å². The molecule has 3 aromatic heterocycles. The summed E-state index contributed by atoms with van der Waals surface area (Å²) in [7, 11) is 0. The summed E-state index contributed by atoms with van der Waals surface area (Å²) in [6.07, 6.45) is 10.2. The van der Waals surface area contributed by atoms with Gasteiger partial charge < -0.3 is 14.0 Å². The molecule has 2 aliphatic rings. The number of ether oxygens (including phenoxy) is 2. The van der Waals surface area contributed by atoms with E-state index in [4.69, 9.17) is 14.5 Å². The van der Waals surface area contributed by atoms with Gasteiger partial charge in [-0.25, -0.2) is 14.4 Å². The van der Waals surface area contributed by atoms with Crippen LogP contribution in [0.15, 0.2) is 49.1 Å². The standard InChI is InChI=1S/C25H30FN5O2/c1-18(25-28-10-13-31(25)16-21-8-14-32-21)30-11-6-19(7-12-30)23-3-2-4-24(29-23)33-17-20-5-9-27-15-22(20)26/h2-5,9-10,13,15,18-19,21H,6-8,11-12,14,16-17H2,1H3/t18-,21-/m0/s1. The van der Waals surface area contributed by atoms with Crippen molar-refractivity contribution in [2.75, 3.05) is 19.7 Å². The van der Waals surface area contributed by atoms with Crippen molar-refractivity contribution in [1.82, 2.24) is 24.4 Å². The van der Waals surface area contributed by atoms with E-state index in [1.165, 1.54) is 6.20 Å². The van der Waals surface area contributed by atoms with Crippen molar-refractivity contribution >= 4 is 0 Å². The van der Waals surface area contributed by atoms with Crippen molar-refractivity contribution < 1.29 is 13.9 Å². The predicted octanol–water partition coefficient (Wildman–Crippen LogP) is 4.12. The van der Waals surface area contributed by atoms with Gasteiger partial charge in [0.1, 0.15) is 18.2 Å². The zero-order valence-corrected chi connectivity index (χ0v) is 18.9. The number of piperidine rings is 1. The van der Waals surface area contributed by atoms with Crippen LogP contribution in [0.3, 0.4) is 0 Å². The lowest BCUT2D eigenvalue weighted by Gasteiger charge is -2.36. The Morgan fingerprint density at radius 3 is 2.79 bits per heavy atom. The van der Waals surface area contributed by atoms with Gasteiger partial charge in [-0.15, -0.1) is 0 Å². The van der Waals surface area contributed by atoms with Gasteiger partial charge in [0.15, 0.2) is 0 Å². The Hall–Kier alpha value is -2.84. The van der Waals surface area contributed by atoms with Gasteiger partial charge in [-0.1, -0.05) is 6.07 Å². The fraction of sp³-hybridized carbons (Fsp3) is 0.480. The first-order valence-electron chi connectivity index (χ1n) is 11.7. The van der Waals surface area contributed by atoms with Crippen LogP contribution in [0.25, 0.3) is 0 Å². The lowest BCUT2D eigenvalue weighted by Crippen LogP contribution is -2.37. The molecule has 0 saturated carbocycles. The molecule has 0 aromatic carbocycles. The Morgan fingerprint density at radius 1 is 1.18 bits per heavy atom. The molecule has 0 unspecified atom stereocenters. The zero-order chi connectivity index (χ0) is 22.6. The lowest BCUT2D eigenvalue weighted by atomic mass is 9.92. The van der Waals surface area contributed by atoms with E-state index in [1.54, 1.807) is 12.3 Å². The second kappa shape index (κ2) is 9.97. The summed E-state index contributed by atoms with van der Waals surface area (Å²) in [5.41, 5.74) is 1.51. The van der Waals surface area contributed by atoms with E-state index in [-0.39, 0.29) is 18.5 Å². The molecule has 3 aromatic rings. The minimum atomic E-state index is -0.365. The van der Waals surface area contributed by atoms with Crippen LogP contribution < -0.4 is 4.74 Å². The minimum Gasteiger partial charge on any atom is -0.473 e. The molecule has 0 N–H and O–H groups in total. The summed E-state index contributed by atoms with van der Waals surface area (Å²) in [6.45, 7) is 6.13. The average molecular weight is 452 g/mol. The smallest absolute Gasteiger partial charge is 0.213 e. The second-order valence-electron chi connectivity index (χ2n) is 8.86. The van der Waals surface area contributed by atoms with Gasteiger partial charge in [0, 0.05) is 48.4 Å². The maximum absolute atomic E-state index is 13.8. The van der Waals surface area contributed by atoms with Crippen LogP contribution in [0, 0.1) is 5.82 Å². The summed E-state index contributed by atoms with van der Waals surface area (Å²) < 4.78 is 27.4. The molecule has 174 valence electrons. The van der Waals surface area contributed by atoms with Gasteiger partial charge in [0.25, 0.3) is 0 Å². The summed E-state index contributed by atoms with van der Waals surface area (Å²) in [6, 6.07) is 7.74. The SMILES string of the molecule is C[C@@H](c1nccn1C[C@@H]1CCO1)N1CCC(c2cccc(OCc3ccncc3F)n2)CC1. The van der Waals surface area contributed by atoms with Crippen LogP contribution in [0.5, 0.6) is 5.88 Å². The first-order valence-corrected chi connectivity index (χ1v) is 11.7. The fourth-order valence-corrected chi connectivity index (χ4v) is 4.65. The summed E-state index contributed by atoms with van der Waals surface area (Å²) >= 11 is 0. The Bertz CT molecular complexity index is 1060. The average Bonchev–Trinajstić information content (AvgIpc) is 3.29. The third kappa shape index (κ3) is 5.07. The number of hydrogen-bond acceptors (Lipinski definition) is 6. The monoisotopic (exact) mass is 451 g/mol. The molecule has 7 nitrogen and oxygen atoms in total. The number of pyridine rings is 2. The topological polar surface area (TPSA) is 65.3 Å². The molecule has 2 saturated heterocycles. The Labute approximate surface area is 193 Å². The van der Waals surface area contributed by atoms with Crippen molar-refractivity contribution in [1.29, 1.82) is 0 Å². The van der Waals surface area contributed by atoms with Gasteiger partial charge in [0.2, 0.25) is 5.88 Å². The first kappa shape index (κ1) is 22.0. The Balaban J connectivity index is 1.17. The number of likely N-dealkylation sites (tertiary alicyclic amines) is 1. The molecule has 8 heteroatoms. The van der Waals surface area contributed by atoms with Crippen LogP contribution in [0.2, 0.25) is 0 Å². The second-order valence-corrected chi connectivity index (χ2v) is 8.86. The summed E-state index contributed by atoms with van der Waals surface area (Å²) in [5, 5.41) is 0. The highest BCUT2D eigenvalue weighted by atomic mass is 19.1. The van der Waals surface area contributed by atoms with Gasteiger partial charge in [-0.2, -0.15) is 0 Å². The predicted molar refractivity (Wildman–Crippen MR) is 121 cm³/mol. The fourth-order valence-electron chi connectivity index (χ4n) is 4.65. The van der Waals surface area contributed by atoms with Crippen molar-refractivity contribution in [3.05, 3.63) is 72.0 Å². The highest BCUT2D eigenvalue weighted by Crippen LogP contribution is 2.32. The number of halogens is 1. The Kier molecular flexibility index (Phi) is 6.64. The molecule has 2 aliphatic heterocycles. The maximum atomic E-state index is 13.8. The molecule has 0 amide bonds. The van der Waals surface area contributed by atoms with Crippen LogP contribution >= 0.6 is 0 Å². The van der Waals surface area contributed by atoms with Gasteiger partial charge in [-0.05, 0) is 51.4 Å². The molecule has 5 rings (SSSR count). The number of hydrogen-bond donors (Lipinski definition) is 0.